The SMILES string of the molecule is CCN(C(=O)[C@@H](C)Sc1nnc(COc2ccc(C)cc2C)n1N)C1CCCCC1. The quantitative estimate of drug-likeness (QED) is 0.505. The van der Waals surface area contributed by atoms with Crippen LogP contribution in [0.4, 0.5) is 0 Å². The van der Waals surface area contributed by atoms with Crippen molar-refractivity contribution in [1.82, 2.24) is 19.8 Å². The highest BCUT2D eigenvalue weighted by Gasteiger charge is 2.29. The van der Waals surface area contributed by atoms with E-state index < -0.39 is 0 Å². The molecule has 1 fully saturated rings. The Balaban J connectivity index is 1.61. The highest BCUT2D eigenvalue weighted by molar-refractivity contribution is 8.00. The second-order valence-corrected chi connectivity index (χ2v) is 9.31. The summed E-state index contributed by atoms with van der Waals surface area (Å²) in [6, 6.07) is 6.39. The highest BCUT2D eigenvalue weighted by atomic mass is 32.2. The van der Waals surface area contributed by atoms with E-state index in [9.17, 15) is 4.79 Å². The number of thioether (sulfide) groups is 1. The molecule has 7 nitrogen and oxygen atoms in total. The fraction of sp³-hybridized carbons (Fsp3) is 0.591. The van der Waals surface area contributed by atoms with Crippen molar-refractivity contribution in [2.75, 3.05) is 12.4 Å². The van der Waals surface area contributed by atoms with E-state index in [-0.39, 0.29) is 17.8 Å². The van der Waals surface area contributed by atoms with Gasteiger partial charge in [0.25, 0.3) is 0 Å². The Hall–Kier alpha value is -2.22. The number of carbonyl (C=O) groups excluding carboxylic acids is 1. The van der Waals surface area contributed by atoms with Crippen LogP contribution in [0.25, 0.3) is 0 Å². The van der Waals surface area contributed by atoms with Crippen molar-refractivity contribution in [2.45, 2.75) is 82.9 Å². The number of aryl methyl sites for hydroxylation is 2. The van der Waals surface area contributed by atoms with Crippen molar-refractivity contribution >= 4 is 17.7 Å². The molecule has 2 aromatic rings. The number of amides is 1. The van der Waals surface area contributed by atoms with E-state index in [4.69, 9.17) is 10.6 Å². The number of benzene rings is 1. The van der Waals surface area contributed by atoms with Crippen LogP contribution in [0.1, 0.15) is 62.9 Å². The lowest BCUT2D eigenvalue weighted by Gasteiger charge is -2.35. The van der Waals surface area contributed by atoms with Gasteiger partial charge in [-0.3, -0.25) is 4.79 Å². The van der Waals surface area contributed by atoms with Crippen LogP contribution in [0.15, 0.2) is 23.4 Å². The van der Waals surface area contributed by atoms with E-state index in [1.165, 1.54) is 41.3 Å². The number of nitrogen functional groups attached to an aromatic ring is 1. The molecule has 1 saturated carbocycles. The summed E-state index contributed by atoms with van der Waals surface area (Å²) in [4.78, 5) is 15.1. The number of hydrogen-bond donors (Lipinski definition) is 1. The third kappa shape index (κ3) is 5.28. The number of rotatable bonds is 8. The normalized spacial score (nSPS) is 15.7. The predicted octanol–water partition coefficient (Wildman–Crippen LogP) is 3.85. The van der Waals surface area contributed by atoms with Crippen LogP contribution in [0.2, 0.25) is 0 Å². The van der Waals surface area contributed by atoms with Gasteiger partial charge in [-0.05, 0) is 52.2 Å². The maximum atomic E-state index is 13.1. The standard InChI is InChI=1S/C22H33N5O2S/c1-5-26(18-9-7-6-8-10-18)21(28)17(4)30-22-25-24-20(27(22)23)14-29-19-12-11-15(2)13-16(19)3/h11-13,17-18H,5-10,14,23H2,1-4H3/t17-/m1/s1. The third-order valence-electron chi connectivity index (χ3n) is 5.69. The Morgan fingerprint density at radius 2 is 2.03 bits per heavy atom. The molecule has 3 rings (SSSR count). The summed E-state index contributed by atoms with van der Waals surface area (Å²) in [6.07, 6.45) is 5.89. The van der Waals surface area contributed by atoms with Gasteiger partial charge in [0.2, 0.25) is 11.1 Å². The molecule has 1 atom stereocenters. The molecule has 164 valence electrons. The van der Waals surface area contributed by atoms with E-state index in [2.05, 4.69) is 23.2 Å². The van der Waals surface area contributed by atoms with E-state index in [0.29, 0.717) is 17.0 Å². The Labute approximate surface area is 183 Å². The van der Waals surface area contributed by atoms with E-state index in [1.807, 2.05) is 37.8 Å². The van der Waals surface area contributed by atoms with E-state index >= 15 is 0 Å². The lowest BCUT2D eigenvalue weighted by Crippen LogP contribution is -2.44. The fourth-order valence-electron chi connectivity index (χ4n) is 4.02. The molecule has 1 aromatic carbocycles. The van der Waals surface area contributed by atoms with Gasteiger partial charge < -0.3 is 15.5 Å². The Morgan fingerprint density at radius 1 is 1.30 bits per heavy atom. The van der Waals surface area contributed by atoms with Crippen LogP contribution < -0.4 is 10.6 Å². The minimum atomic E-state index is -0.272. The summed E-state index contributed by atoms with van der Waals surface area (Å²) in [5.74, 6) is 7.66. The van der Waals surface area contributed by atoms with E-state index in [1.54, 1.807) is 0 Å². The molecule has 1 heterocycles. The van der Waals surface area contributed by atoms with Gasteiger partial charge >= 0.3 is 0 Å². The number of ether oxygens (including phenoxy) is 1. The molecule has 30 heavy (non-hydrogen) atoms. The number of nitrogens with zero attached hydrogens (tertiary/aromatic N) is 4. The van der Waals surface area contributed by atoms with Crippen LogP contribution in [0.3, 0.4) is 0 Å². The lowest BCUT2D eigenvalue weighted by molar-refractivity contribution is -0.133. The highest BCUT2D eigenvalue weighted by Crippen LogP contribution is 2.27. The first-order chi connectivity index (χ1) is 14.4. The molecule has 0 saturated heterocycles. The molecule has 2 N–H and O–H groups in total. The van der Waals surface area contributed by atoms with Gasteiger partial charge in [-0.15, -0.1) is 10.2 Å². The van der Waals surface area contributed by atoms with Gasteiger partial charge in [0, 0.05) is 12.6 Å². The first-order valence-corrected chi connectivity index (χ1v) is 11.6. The molecule has 0 bridgehead atoms. The van der Waals surface area contributed by atoms with Crippen molar-refractivity contribution < 1.29 is 9.53 Å². The van der Waals surface area contributed by atoms with Crippen LogP contribution in [0, 0.1) is 13.8 Å². The fourth-order valence-corrected chi connectivity index (χ4v) is 4.88. The number of aromatic nitrogens is 3. The topological polar surface area (TPSA) is 86.3 Å². The summed E-state index contributed by atoms with van der Waals surface area (Å²) >= 11 is 1.35. The number of hydrogen-bond acceptors (Lipinski definition) is 6. The molecule has 1 aliphatic rings. The Morgan fingerprint density at radius 3 is 2.70 bits per heavy atom. The van der Waals surface area contributed by atoms with Gasteiger partial charge in [-0.25, -0.2) is 4.68 Å². The zero-order valence-corrected chi connectivity index (χ0v) is 19.2. The largest absolute Gasteiger partial charge is 0.485 e. The number of nitrogens with two attached hydrogens (primary N) is 1. The molecule has 0 spiro atoms. The Kier molecular flexibility index (Phi) is 7.64. The van der Waals surface area contributed by atoms with Gasteiger partial charge in [-0.2, -0.15) is 0 Å². The lowest BCUT2D eigenvalue weighted by atomic mass is 9.94. The zero-order chi connectivity index (χ0) is 21.7. The van der Waals surface area contributed by atoms with E-state index in [0.717, 1.165) is 30.7 Å². The first-order valence-electron chi connectivity index (χ1n) is 10.8. The molecular weight excluding hydrogens is 398 g/mol. The second kappa shape index (κ2) is 10.2. The van der Waals surface area contributed by atoms with Crippen molar-refractivity contribution in [1.29, 1.82) is 0 Å². The van der Waals surface area contributed by atoms with Crippen LogP contribution in [0.5, 0.6) is 5.75 Å². The van der Waals surface area contributed by atoms with Crippen LogP contribution >= 0.6 is 11.8 Å². The second-order valence-electron chi connectivity index (χ2n) is 8.00. The van der Waals surface area contributed by atoms with Crippen LogP contribution in [-0.4, -0.2) is 43.5 Å². The minimum Gasteiger partial charge on any atom is -0.485 e. The first kappa shape index (κ1) is 22.5. The minimum absolute atomic E-state index is 0.144. The summed E-state index contributed by atoms with van der Waals surface area (Å²) in [5, 5.41) is 8.60. The zero-order valence-electron chi connectivity index (χ0n) is 18.4. The van der Waals surface area contributed by atoms with Gasteiger partial charge in [-0.1, -0.05) is 48.7 Å². The van der Waals surface area contributed by atoms with Crippen molar-refractivity contribution in [3.05, 3.63) is 35.2 Å². The summed E-state index contributed by atoms with van der Waals surface area (Å²) in [7, 11) is 0. The van der Waals surface area contributed by atoms with Gasteiger partial charge in [0.1, 0.15) is 12.4 Å². The average molecular weight is 432 g/mol. The van der Waals surface area contributed by atoms with Gasteiger partial charge in [0.05, 0.1) is 5.25 Å². The number of carbonyl (C=O) groups is 1. The maximum absolute atomic E-state index is 13.1. The summed E-state index contributed by atoms with van der Waals surface area (Å²) in [6.45, 7) is 8.98. The smallest absolute Gasteiger partial charge is 0.236 e. The summed E-state index contributed by atoms with van der Waals surface area (Å²) in [5.41, 5.74) is 2.25. The maximum Gasteiger partial charge on any atom is 0.236 e. The van der Waals surface area contributed by atoms with Crippen LogP contribution in [-0.2, 0) is 11.4 Å². The Bertz CT molecular complexity index is 863. The predicted molar refractivity (Wildman–Crippen MR) is 120 cm³/mol. The molecule has 1 aliphatic carbocycles. The molecule has 0 unspecified atom stereocenters. The average Bonchev–Trinajstić information content (AvgIpc) is 3.08. The van der Waals surface area contributed by atoms with Gasteiger partial charge in [0.15, 0.2) is 5.82 Å². The molecular formula is C22H33N5O2S. The molecule has 0 aliphatic heterocycles. The summed E-state index contributed by atoms with van der Waals surface area (Å²) < 4.78 is 7.30. The van der Waals surface area contributed by atoms with Crippen molar-refractivity contribution in [2.24, 2.45) is 0 Å². The molecule has 8 heteroatoms. The third-order valence-corrected chi connectivity index (χ3v) is 6.74. The molecule has 1 aromatic heterocycles. The monoisotopic (exact) mass is 431 g/mol. The molecule has 1 amide bonds. The van der Waals surface area contributed by atoms with Crippen molar-refractivity contribution in [3.8, 4) is 5.75 Å². The molecule has 0 radical (unpaired) electrons. The van der Waals surface area contributed by atoms with Crippen molar-refractivity contribution in [3.63, 3.8) is 0 Å².